The zero-order valence-electron chi connectivity index (χ0n) is 10.4. The third kappa shape index (κ3) is 4.19. The lowest BCUT2D eigenvalue weighted by atomic mass is 10.4. The lowest BCUT2D eigenvalue weighted by Gasteiger charge is -2.09. The first-order chi connectivity index (χ1) is 9.04. The molecule has 2 rings (SSSR count). The SMILES string of the molecule is Cc1csc(S[C@@H](C)C(=O)Nc2ccc(Cl)cn2)n1. The van der Waals surface area contributed by atoms with Crippen molar-refractivity contribution in [3.05, 3.63) is 34.4 Å². The van der Waals surface area contributed by atoms with E-state index in [-0.39, 0.29) is 11.2 Å². The Bertz CT molecular complexity index is 571. The van der Waals surface area contributed by atoms with Crippen molar-refractivity contribution in [2.24, 2.45) is 0 Å². The molecular formula is C12H12ClN3OS2. The van der Waals surface area contributed by atoms with Crippen LogP contribution in [0, 0.1) is 6.92 Å². The number of nitrogens with zero attached hydrogens (tertiary/aromatic N) is 2. The summed E-state index contributed by atoms with van der Waals surface area (Å²) in [6, 6.07) is 3.36. The fourth-order valence-corrected chi connectivity index (χ4v) is 3.37. The van der Waals surface area contributed by atoms with Gasteiger partial charge in [-0.05, 0) is 26.0 Å². The predicted octanol–water partition coefficient (Wildman–Crippen LogP) is 3.62. The Morgan fingerprint density at radius 3 is 2.89 bits per heavy atom. The van der Waals surface area contributed by atoms with Crippen LogP contribution in [0.15, 0.2) is 28.0 Å². The number of nitrogens with one attached hydrogen (secondary N) is 1. The van der Waals surface area contributed by atoms with Gasteiger partial charge in [-0.2, -0.15) is 0 Å². The second-order valence-corrected chi connectivity index (χ2v) is 6.75. The van der Waals surface area contributed by atoms with Crippen LogP contribution in [-0.4, -0.2) is 21.1 Å². The third-order valence-electron chi connectivity index (χ3n) is 2.22. The minimum absolute atomic E-state index is 0.104. The van der Waals surface area contributed by atoms with Crippen LogP contribution in [-0.2, 0) is 4.79 Å². The predicted molar refractivity (Wildman–Crippen MR) is 80.0 cm³/mol. The fraction of sp³-hybridized carbons (Fsp3) is 0.250. The molecular weight excluding hydrogens is 302 g/mol. The normalized spacial score (nSPS) is 12.2. The van der Waals surface area contributed by atoms with Gasteiger partial charge < -0.3 is 5.32 Å². The molecule has 0 fully saturated rings. The zero-order chi connectivity index (χ0) is 13.8. The Morgan fingerprint density at radius 2 is 2.32 bits per heavy atom. The Balaban J connectivity index is 1.94. The van der Waals surface area contributed by atoms with Crippen molar-refractivity contribution in [3.63, 3.8) is 0 Å². The second kappa shape index (κ2) is 6.36. The van der Waals surface area contributed by atoms with Crippen LogP contribution in [0.3, 0.4) is 0 Å². The number of aromatic nitrogens is 2. The highest BCUT2D eigenvalue weighted by molar-refractivity contribution is 8.02. The molecule has 0 spiro atoms. The number of hydrogen-bond acceptors (Lipinski definition) is 5. The van der Waals surface area contributed by atoms with Crippen molar-refractivity contribution in [1.29, 1.82) is 0 Å². The van der Waals surface area contributed by atoms with Crippen molar-refractivity contribution >= 4 is 46.4 Å². The Kier molecular flexibility index (Phi) is 4.79. The van der Waals surface area contributed by atoms with Gasteiger partial charge in [0.1, 0.15) is 5.82 Å². The molecule has 0 unspecified atom stereocenters. The lowest BCUT2D eigenvalue weighted by Crippen LogP contribution is -2.22. The van der Waals surface area contributed by atoms with Gasteiger partial charge in [-0.1, -0.05) is 23.4 Å². The monoisotopic (exact) mass is 313 g/mol. The molecule has 1 N–H and O–H groups in total. The number of pyridine rings is 1. The Hall–Kier alpha value is -1.11. The van der Waals surface area contributed by atoms with Gasteiger partial charge in [0, 0.05) is 17.3 Å². The molecule has 2 heterocycles. The minimum atomic E-state index is -0.233. The number of anilines is 1. The van der Waals surface area contributed by atoms with E-state index in [4.69, 9.17) is 11.6 Å². The molecule has 4 nitrogen and oxygen atoms in total. The van der Waals surface area contributed by atoms with Crippen LogP contribution in [0.25, 0.3) is 0 Å². The van der Waals surface area contributed by atoms with E-state index >= 15 is 0 Å². The number of amides is 1. The average Bonchev–Trinajstić information content (AvgIpc) is 2.77. The standard InChI is InChI=1S/C12H12ClN3OS2/c1-7-6-18-12(15-7)19-8(2)11(17)16-10-4-3-9(13)5-14-10/h3-6,8H,1-2H3,(H,14,16,17)/t8-/m0/s1. The van der Waals surface area contributed by atoms with Gasteiger partial charge in [-0.15, -0.1) is 11.3 Å². The van der Waals surface area contributed by atoms with E-state index in [1.165, 1.54) is 18.0 Å². The fourth-order valence-electron chi connectivity index (χ4n) is 1.27. The third-order valence-corrected chi connectivity index (χ3v) is 4.64. The van der Waals surface area contributed by atoms with E-state index in [1.54, 1.807) is 23.5 Å². The molecule has 0 aliphatic heterocycles. The number of rotatable bonds is 4. The summed E-state index contributed by atoms with van der Waals surface area (Å²) in [6.45, 7) is 3.77. The number of carbonyl (C=O) groups is 1. The first kappa shape index (κ1) is 14.3. The molecule has 1 amide bonds. The summed E-state index contributed by atoms with van der Waals surface area (Å²) in [5.74, 6) is 0.393. The van der Waals surface area contributed by atoms with Crippen LogP contribution < -0.4 is 5.32 Å². The van der Waals surface area contributed by atoms with E-state index in [2.05, 4.69) is 15.3 Å². The van der Waals surface area contributed by atoms with Gasteiger partial charge in [0.15, 0.2) is 4.34 Å². The smallest absolute Gasteiger partial charge is 0.238 e. The van der Waals surface area contributed by atoms with Crippen molar-refractivity contribution in [2.45, 2.75) is 23.4 Å². The summed E-state index contributed by atoms with van der Waals surface area (Å²) in [6.07, 6.45) is 1.50. The van der Waals surface area contributed by atoms with Gasteiger partial charge >= 0.3 is 0 Å². The summed E-state index contributed by atoms with van der Waals surface area (Å²) in [7, 11) is 0. The second-order valence-electron chi connectivity index (χ2n) is 3.87. The molecule has 0 radical (unpaired) electrons. The quantitative estimate of drug-likeness (QED) is 0.876. The highest BCUT2D eigenvalue weighted by Gasteiger charge is 2.16. The molecule has 0 saturated carbocycles. The summed E-state index contributed by atoms with van der Waals surface area (Å²) >= 11 is 8.71. The van der Waals surface area contributed by atoms with Crippen LogP contribution in [0.2, 0.25) is 5.02 Å². The molecule has 100 valence electrons. The lowest BCUT2D eigenvalue weighted by molar-refractivity contribution is -0.115. The first-order valence-electron chi connectivity index (χ1n) is 5.56. The van der Waals surface area contributed by atoms with Gasteiger partial charge in [0.05, 0.1) is 10.3 Å². The minimum Gasteiger partial charge on any atom is -0.310 e. The van der Waals surface area contributed by atoms with E-state index in [0.717, 1.165) is 10.0 Å². The summed E-state index contributed by atoms with van der Waals surface area (Å²) in [4.78, 5) is 20.3. The van der Waals surface area contributed by atoms with E-state index in [9.17, 15) is 4.79 Å². The molecule has 0 saturated heterocycles. The number of halogens is 1. The number of thiazole rings is 1. The van der Waals surface area contributed by atoms with E-state index in [1.807, 2.05) is 19.2 Å². The highest BCUT2D eigenvalue weighted by atomic mass is 35.5. The van der Waals surface area contributed by atoms with Gasteiger partial charge in [-0.25, -0.2) is 9.97 Å². The largest absolute Gasteiger partial charge is 0.310 e. The molecule has 1 atom stereocenters. The molecule has 2 aromatic heterocycles. The number of carbonyl (C=O) groups excluding carboxylic acids is 1. The number of aryl methyl sites for hydroxylation is 1. The van der Waals surface area contributed by atoms with Crippen molar-refractivity contribution in [1.82, 2.24) is 9.97 Å². The molecule has 19 heavy (non-hydrogen) atoms. The maximum Gasteiger partial charge on any atom is 0.238 e. The Morgan fingerprint density at radius 1 is 1.53 bits per heavy atom. The highest BCUT2D eigenvalue weighted by Crippen LogP contribution is 2.27. The maximum absolute atomic E-state index is 12.0. The average molecular weight is 314 g/mol. The van der Waals surface area contributed by atoms with Crippen molar-refractivity contribution in [3.8, 4) is 0 Å². The molecule has 0 aromatic carbocycles. The first-order valence-corrected chi connectivity index (χ1v) is 7.69. The molecule has 7 heteroatoms. The number of hydrogen-bond donors (Lipinski definition) is 1. The van der Waals surface area contributed by atoms with Gasteiger partial charge in [-0.3, -0.25) is 4.79 Å². The Labute approximate surface area is 124 Å². The summed E-state index contributed by atoms with van der Waals surface area (Å²) in [5.41, 5.74) is 0.972. The van der Waals surface area contributed by atoms with Crippen LogP contribution in [0.5, 0.6) is 0 Å². The number of thioether (sulfide) groups is 1. The van der Waals surface area contributed by atoms with Crippen LogP contribution in [0.4, 0.5) is 5.82 Å². The molecule has 0 aliphatic carbocycles. The van der Waals surface area contributed by atoms with Crippen LogP contribution in [0.1, 0.15) is 12.6 Å². The van der Waals surface area contributed by atoms with Gasteiger partial charge in [0.2, 0.25) is 5.91 Å². The molecule has 2 aromatic rings. The molecule has 0 bridgehead atoms. The van der Waals surface area contributed by atoms with Crippen molar-refractivity contribution in [2.75, 3.05) is 5.32 Å². The topological polar surface area (TPSA) is 54.9 Å². The van der Waals surface area contributed by atoms with Gasteiger partial charge in [0.25, 0.3) is 0 Å². The van der Waals surface area contributed by atoms with Crippen molar-refractivity contribution < 1.29 is 4.79 Å². The summed E-state index contributed by atoms with van der Waals surface area (Å²) < 4.78 is 0.893. The summed E-state index contributed by atoms with van der Waals surface area (Å²) in [5, 5.41) is 5.02. The van der Waals surface area contributed by atoms with E-state index < -0.39 is 0 Å². The zero-order valence-corrected chi connectivity index (χ0v) is 12.8. The molecule has 0 aliphatic rings. The maximum atomic E-state index is 12.0. The van der Waals surface area contributed by atoms with E-state index in [0.29, 0.717) is 10.8 Å². The van der Waals surface area contributed by atoms with Crippen LogP contribution >= 0.6 is 34.7 Å².